The number of hydrogen-bond acceptors (Lipinski definition) is 2. The second-order valence-corrected chi connectivity index (χ2v) is 4.89. The highest BCUT2D eigenvalue weighted by molar-refractivity contribution is 5.62. The Hall–Kier alpha value is -0.570. The van der Waals surface area contributed by atoms with Crippen LogP contribution in [0.25, 0.3) is 0 Å². The molecule has 3 heteroatoms. The van der Waals surface area contributed by atoms with Crippen molar-refractivity contribution in [3.63, 3.8) is 0 Å². The molecule has 0 aromatic heterocycles. The van der Waals surface area contributed by atoms with E-state index < -0.39 is 5.97 Å². The van der Waals surface area contributed by atoms with Crippen LogP contribution < -0.4 is 5.73 Å². The Labute approximate surface area is 99.4 Å². The van der Waals surface area contributed by atoms with E-state index in [1.165, 1.54) is 51.4 Å². The SMILES string of the molecule is CC(=O)O.CCCCC1(CN)CCCCC1. The number of carboxylic acids is 1. The summed E-state index contributed by atoms with van der Waals surface area (Å²) in [5.41, 5.74) is 6.43. The van der Waals surface area contributed by atoms with Gasteiger partial charge in [-0.3, -0.25) is 4.79 Å². The van der Waals surface area contributed by atoms with Crippen molar-refractivity contribution in [3.05, 3.63) is 0 Å². The minimum Gasteiger partial charge on any atom is -0.481 e. The van der Waals surface area contributed by atoms with Crippen LogP contribution in [0.2, 0.25) is 0 Å². The summed E-state index contributed by atoms with van der Waals surface area (Å²) in [6, 6.07) is 0. The molecule has 1 aliphatic carbocycles. The number of nitrogens with two attached hydrogens (primary N) is 1. The zero-order valence-corrected chi connectivity index (χ0v) is 10.8. The lowest BCUT2D eigenvalue weighted by molar-refractivity contribution is -0.134. The van der Waals surface area contributed by atoms with Crippen molar-refractivity contribution >= 4 is 5.97 Å². The Bertz CT molecular complexity index is 182. The monoisotopic (exact) mass is 229 g/mol. The van der Waals surface area contributed by atoms with Crippen LogP contribution in [0.1, 0.15) is 65.2 Å². The summed E-state index contributed by atoms with van der Waals surface area (Å²) in [6.45, 7) is 4.28. The van der Waals surface area contributed by atoms with Crippen LogP contribution >= 0.6 is 0 Å². The van der Waals surface area contributed by atoms with Crippen LogP contribution in [-0.4, -0.2) is 17.6 Å². The van der Waals surface area contributed by atoms with Crippen LogP contribution in [0.4, 0.5) is 0 Å². The fraction of sp³-hybridized carbons (Fsp3) is 0.923. The third-order valence-corrected chi connectivity index (χ3v) is 3.41. The molecule has 0 aromatic carbocycles. The normalized spacial score (nSPS) is 18.4. The summed E-state index contributed by atoms with van der Waals surface area (Å²) < 4.78 is 0. The van der Waals surface area contributed by atoms with Gasteiger partial charge in [-0.05, 0) is 31.2 Å². The molecule has 0 heterocycles. The molecule has 1 aliphatic rings. The first-order valence-corrected chi connectivity index (χ1v) is 6.46. The molecule has 1 rings (SSSR count). The molecule has 3 nitrogen and oxygen atoms in total. The minimum absolute atomic E-state index is 0.550. The van der Waals surface area contributed by atoms with Crippen molar-refractivity contribution in [1.82, 2.24) is 0 Å². The van der Waals surface area contributed by atoms with Crippen LogP contribution in [0, 0.1) is 5.41 Å². The van der Waals surface area contributed by atoms with E-state index >= 15 is 0 Å². The summed E-state index contributed by atoms with van der Waals surface area (Å²) in [5.74, 6) is -0.833. The molecular formula is C13H27NO2. The Morgan fingerprint density at radius 2 is 1.81 bits per heavy atom. The van der Waals surface area contributed by atoms with E-state index in [0.29, 0.717) is 5.41 Å². The predicted octanol–water partition coefficient (Wildman–Crippen LogP) is 3.18. The van der Waals surface area contributed by atoms with Crippen LogP contribution in [-0.2, 0) is 4.79 Å². The maximum absolute atomic E-state index is 9.00. The molecule has 96 valence electrons. The molecule has 0 aromatic rings. The summed E-state index contributed by atoms with van der Waals surface area (Å²) in [6.07, 6.45) is 11.1. The van der Waals surface area contributed by atoms with Gasteiger partial charge in [-0.25, -0.2) is 0 Å². The third kappa shape index (κ3) is 6.83. The van der Waals surface area contributed by atoms with Crippen molar-refractivity contribution in [2.24, 2.45) is 11.1 Å². The van der Waals surface area contributed by atoms with Gasteiger partial charge in [-0.1, -0.05) is 39.0 Å². The van der Waals surface area contributed by atoms with Crippen molar-refractivity contribution in [3.8, 4) is 0 Å². The Balaban J connectivity index is 0.000000487. The smallest absolute Gasteiger partial charge is 0.300 e. The number of unbranched alkanes of at least 4 members (excludes halogenated alkanes) is 1. The van der Waals surface area contributed by atoms with Gasteiger partial charge in [0, 0.05) is 6.92 Å². The lowest BCUT2D eigenvalue weighted by Gasteiger charge is -2.36. The standard InChI is InChI=1S/C11H23N.C2H4O2/c1-2-3-7-11(10-12)8-5-4-6-9-11;1-2(3)4/h2-10,12H2,1H3;1H3,(H,3,4). The maximum Gasteiger partial charge on any atom is 0.300 e. The first-order chi connectivity index (χ1) is 7.56. The molecule has 3 N–H and O–H groups in total. The van der Waals surface area contributed by atoms with E-state index in [9.17, 15) is 0 Å². The highest BCUT2D eigenvalue weighted by atomic mass is 16.4. The van der Waals surface area contributed by atoms with Gasteiger partial charge in [0.15, 0.2) is 0 Å². The first kappa shape index (κ1) is 15.4. The quantitative estimate of drug-likeness (QED) is 0.778. The summed E-state index contributed by atoms with van der Waals surface area (Å²) in [5, 5.41) is 7.42. The molecule has 0 radical (unpaired) electrons. The Morgan fingerprint density at radius 3 is 2.19 bits per heavy atom. The summed E-state index contributed by atoms with van der Waals surface area (Å²) in [7, 11) is 0. The Kier molecular flexibility index (Phi) is 8.26. The van der Waals surface area contributed by atoms with Crippen LogP contribution in [0.3, 0.4) is 0 Å². The van der Waals surface area contributed by atoms with E-state index in [-0.39, 0.29) is 0 Å². The zero-order valence-electron chi connectivity index (χ0n) is 10.8. The van der Waals surface area contributed by atoms with Gasteiger partial charge in [0.05, 0.1) is 0 Å². The second-order valence-electron chi connectivity index (χ2n) is 4.89. The Morgan fingerprint density at radius 1 is 1.31 bits per heavy atom. The average Bonchev–Trinajstić information content (AvgIpc) is 2.27. The number of rotatable bonds is 4. The molecule has 0 spiro atoms. The molecule has 1 fully saturated rings. The van der Waals surface area contributed by atoms with Gasteiger partial charge in [0.25, 0.3) is 5.97 Å². The lowest BCUT2D eigenvalue weighted by atomic mass is 9.71. The van der Waals surface area contributed by atoms with Gasteiger partial charge < -0.3 is 10.8 Å². The number of hydrogen-bond donors (Lipinski definition) is 2. The molecule has 0 unspecified atom stereocenters. The fourth-order valence-corrected chi connectivity index (χ4v) is 2.41. The molecule has 0 aliphatic heterocycles. The largest absolute Gasteiger partial charge is 0.481 e. The molecule has 0 bridgehead atoms. The highest BCUT2D eigenvalue weighted by Crippen LogP contribution is 2.39. The zero-order chi connectivity index (χ0) is 12.4. The summed E-state index contributed by atoms with van der Waals surface area (Å²) in [4.78, 5) is 9.00. The first-order valence-electron chi connectivity index (χ1n) is 6.46. The van der Waals surface area contributed by atoms with E-state index in [2.05, 4.69) is 6.92 Å². The number of aliphatic carboxylic acids is 1. The molecular weight excluding hydrogens is 202 g/mol. The molecule has 0 amide bonds. The topological polar surface area (TPSA) is 63.3 Å². The maximum atomic E-state index is 9.00. The van der Waals surface area contributed by atoms with Gasteiger partial charge in [0.2, 0.25) is 0 Å². The van der Waals surface area contributed by atoms with Gasteiger partial charge in [0.1, 0.15) is 0 Å². The van der Waals surface area contributed by atoms with Gasteiger partial charge in [-0.2, -0.15) is 0 Å². The van der Waals surface area contributed by atoms with E-state index in [1.807, 2.05) is 0 Å². The molecule has 1 saturated carbocycles. The van der Waals surface area contributed by atoms with E-state index in [0.717, 1.165) is 13.5 Å². The highest BCUT2D eigenvalue weighted by Gasteiger charge is 2.29. The third-order valence-electron chi connectivity index (χ3n) is 3.41. The fourth-order valence-electron chi connectivity index (χ4n) is 2.41. The van der Waals surface area contributed by atoms with Crippen LogP contribution in [0.15, 0.2) is 0 Å². The van der Waals surface area contributed by atoms with E-state index in [1.54, 1.807) is 0 Å². The van der Waals surface area contributed by atoms with Gasteiger partial charge >= 0.3 is 0 Å². The number of carbonyl (C=O) groups is 1. The molecule has 16 heavy (non-hydrogen) atoms. The van der Waals surface area contributed by atoms with Crippen molar-refractivity contribution in [2.45, 2.75) is 65.2 Å². The lowest BCUT2D eigenvalue weighted by Crippen LogP contribution is -2.32. The number of carboxylic acid groups (broad SMARTS) is 1. The minimum atomic E-state index is -0.833. The average molecular weight is 229 g/mol. The van der Waals surface area contributed by atoms with Crippen LogP contribution in [0.5, 0.6) is 0 Å². The van der Waals surface area contributed by atoms with Crippen molar-refractivity contribution < 1.29 is 9.90 Å². The predicted molar refractivity (Wildman–Crippen MR) is 67.4 cm³/mol. The summed E-state index contributed by atoms with van der Waals surface area (Å²) >= 11 is 0. The second kappa shape index (κ2) is 8.57. The van der Waals surface area contributed by atoms with Gasteiger partial charge in [-0.15, -0.1) is 0 Å². The van der Waals surface area contributed by atoms with Crippen molar-refractivity contribution in [1.29, 1.82) is 0 Å². The molecule has 0 atom stereocenters. The van der Waals surface area contributed by atoms with Crippen molar-refractivity contribution in [2.75, 3.05) is 6.54 Å². The molecule has 0 saturated heterocycles. The van der Waals surface area contributed by atoms with E-state index in [4.69, 9.17) is 15.6 Å².